The first kappa shape index (κ1) is 16.8. The molecule has 0 amide bonds. The van der Waals surface area contributed by atoms with Gasteiger partial charge in [0.2, 0.25) is 0 Å². The normalized spacial score (nSPS) is 11.0. The predicted molar refractivity (Wildman–Crippen MR) is 93.0 cm³/mol. The van der Waals surface area contributed by atoms with Crippen LogP contribution >= 0.6 is 0 Å². The van der Waals surface area contributed by atoms with Gasteiger partial charge in [-0.2, -0.15) is 0 Å². The van der Waals surface area contributed by atoms with Crippen molar-refractivity contribution in [2.75, 3.05) is 6.61 Å². The van der Waals surface area contributed by atoms with Gasteiger partial charge in [-0.25, -0.2) is 0 Å². The van der Waals surface area contributed by atoms with Gasteiger partial charge in [0.25, 0.3) is 0 Å². The minimum atomic E-state index is 0.332. The molecule has 0 atom stereocenters. The molecule has 2 aromatic rings. The van der Waals surface area contributed by atoms with Crippen molar-refractivity contribution in [2.24, 2.45) is 0 Å². The van der Waals surface area contributed by atoms with Crippen LogP contribution in [0, 0.1) is 0 Å². The number of rotatable bonds is 9. The van der Waals surface area contributed by atoms with Gasteiger partial charge in [0.1, 0.15) is 0 Å². The molecule has 0 heterocycles. The van der Waals surface area contributed by atoms with E-state index in [1.54, 1.807) is 0 Å². The molecule has 0 aliphatic carbocycles. The Bertz CT molecular complexity index is 446. The fourth-order valence-electron chi connectivity index (χ4n) is 2.04. The van der Waals surface area contributed by atoms with Crippen LogP contribution in [0.5, 0.6) is 0 Å². The van der Waals surface area contributed by atoms with Gasteiger partial charge < -0.3 is 0 Å². The standard InChI is InChI=1S/C18H22OSe2/c19-15-9-3-8-14-18(20-16-10-4-1-5-11-16)21-17-12-6-2-7-13-17/h1-2,4-7,10-13,18-19H,3,8-9,14-15H2. The van der Waals surface area contributed by atoms with E-state index in [9.17, 15) is 0 Å². The van der Waals surface area contributed by atoms with Crippen molar-refractivity contribution in [3.05, 3.63) is 60.7 Å². The third-order valence-corrected chi connectivity index (χ3v) is 9.59. The summed E-state index contributed by atoms with van der Waals surface area (Å²) in [5.74, 6) is 0. The van der Waals surface area contributed by atoms with E-state index in [1.165, 1.54) is 21.8 Å². The number of hydrogen-bond acceptors (Lipinski definition) is 1. The number of benzene rings is 2. The van der Waals surface area contributed by atoms with Crippen molar-refractivity contribution in [1.82, 2.24) is 0 Å². The molecular formula is C18H22OSe2. The van der Waals surface area contributed by atoms with Gasteiger partial charge in [0.05, 0.1) is 0 Å². The van der Waals surface area contributed by atoms with Gasteiger partial charge in [-0.1, -0.05) is 0 Å². The molecule has 1 N–H and O–H groups in total. The van der Waals surface area contributed by atoms with Crippen LogP contribution < -0.4 is 8.92 Å². The Morgan fingerprint density at radius 1 is 0.714 bits per heavy atom. The molecule has 21 heavy (non-hydrogen) atoms. The van der Waals surface area contributed by atoms with Crippen molar-refractivity contribution >= 4 is 38.8 Å². The summed E-state index contributed by atoms with van der Waals surface area (Å²) in [7, 11) is 0. The second-order valence-electron chi connectivity index (χ2n) is 4.86. The second-order valence-corrected chi connectivity index (χ2v) is 11.7. The molecule has 0 saturated carbocycles. The first-order chi connectivity index (χ1) is 10.4. The molecule has 1 nitrogen and oxygen atoms in total. The Morgan fingerprint density at radius 2 is 1.24 bits per heavy atom. The van der Waals surface area contributed by atoms with Crippen LogP contribution in [-0.2, 0) is 0 Å². The molecule has 2 rings (SSSR count). The molecule has 0 unspecified atom stereocenters. The van der Waals surface area contributed by atoms with Gasteiger partial charge in [-0.05, 0) is 0 Å². The second kappa shape index (κ2) is 10.2. The van der Waals surface area contributed by atoms with Gasteiger partial charge in [0, 0.05) is 0 Å². The summed E-state index contributed by atoms with van der Waals surface area (Å²) in [5, 5.41) is 8.91. The molecular weight excluding hydrogens is 390 g/mol. The van der Waals surface area contributed by atoms with Crippen LogP contribution in [0.4, 0.5) is 0 Å². The Morgan fingerprint density at radius 3 is 1.71 bits per heavy atom. The molecule has 0 radical (unpaired) electrons. The average molecular weight is 412 g/mol. The van der Waals surface area contributed by atoms with E-state index in [0.29, 0.717) is 36.5 Å². The van der Waals surface area contributed by atoms with Gasteiger partial charge in [-0.15, -0.1) is 0 Å². The molecule has 0 spiro atoms. The fourth-order valence-corrected chi connectivity index (χ4v) is 8.88. The van der Waals surface area contributed by atoms with Crippen molar-refractivity contribution in [2.45, 2.75) is 29.4 Å². The number of hydrogen-bond donors (Lipinski definition) is 1. The molecule has 0 fully saturated rings. The van der Waals surface area contributed by atoms with Gasteiger partial charge >= 0.3 is 141 Å². The van der Waals surface area contributed by atoms with Crippen LogP contribution in [-0.4, -0.2) is 41.6 Å². The van der Waals surface area contributed by atoms with Crippen molar-refractivity contribution in [3.63, 3.8) is 0 Å². The van der Waals surface area contributed by atoms with Gasteiger partial charge in [-0.3, -0.25) is 0 Å². The molecule has 3 heteroatoms. The summed E-state index contributed by atoms with van der Waals surface area (Å²) in [6.07, 6.45) is 4.64. The van der Waals surface area contributed by atoms with Crippen LogP contribution in [0.25, 0.3) is 0 Å². The minimum absolute atomic E-state index is 0.332. The number of aliphatic hydroxyl groups excluding tert-OH is 1. The molecule has 0 aromatic heterocycles. The van der Waals surface area contributed by atoms with E-state index in [2.05, 4.69) is 60.7 Å². The third-order valence-electron chi connectivity index (χ3n) is 3.12. The summed E-state index contributed by atoms with van der Waals surface area (Å²) < 4.78 is 3.83. The quantitative estimate of drug-likeness (QED) is 0.495. The summed E-state index contributed by atoms with van der Waals surface area (Å²) in [6.45, 7) is 0.332. The van der Waals surface area contributed by atoms with Crippen LogP contribution in [0.1, 0.15) is 25.7 Å². The Labute approximate surface area is 140 Å². The zero-order valence-corrected chi connectivity index (χ0v) is 15.6. The molecule has 0 aliphatic heterocycles. The summed E-state index contributed by atoms with van der Waals surface area (Å²) in [6, 6.07) is 21.8. The summed E-state index contributed by atoms with van der Waals surface area (Å²) in [4.78, 5) is 0. The predicted octanol–water partition coefficient (Wildman–Crippen LogP) is 2.34. The fraction of sp³-hybridized carbons (Fsp3) is 0.333. The van der Waals surface area contributed by atoms with Crippen molar-refractivity contribution < 1.29 is 5.11 Å². The molecule has 0 bridgehead atoms. The summed E-state index contributed by atoms with van der Waals surface area (Å²) >= 11 is 1.10. The van der Waals surface area contributed by atoms with E-state index in [4.69, 9.17) is 5.11 Å². The van der Waals surface area contributed by atoms with Crippen molar-refractivity contribution in [3.8, 4) is 0 Å². The van der Waals surface area contributed by atoms with E-state index in [1.807, 2.05) is 0 Å². The Balaban J connectivity index is 1.93. The first-order valence-electron chi connectivity index (χ1n) is 7.43. The topological polar surface area (TPSA) is 20.2 Å². The Hall–Kier alpha value is -0.561. The maximum atomic E-state index is 8.91. The Kier molecular flexibility index (Phi) is 8.17. The molecule has 2 aromatic carbocycles. The summed E-state index contributed by atoms with van der Waals surface area (Å²) in [5.41, 5.74) is 0. The van der Waals surface area contributed by atoms with E-state index < -0.39 is 0 Å². The zero-order valence-electron chi connectivity index (χ0n) is 12.2. The molecule has 0 saturated heterocycles. The van der Waals surface area contributed by atoms with Crippen LogP contribution in [0.2, 0.25) is 3.71 Å². The van der Waals surface area contributed by atoms with Gasteiger partial charge in [0.15, 0.2) is 0 Å². The van der Waals surface area contributed by atoms with Crippen LogP contribution in [0.15, 0.2) is 60.7 Å². The van der Waals surface area contributed by atoms with Crippen molar-refractivity contribution in [1.29, 1.82) is 0 Å². The zero-order chi connectivity index (χ0) is 14.8. The van der Waals surface area contributed by atoms with Crippen LogP contribution in [0.3, 0.4) is 0 Å². The first-order valence-corrected chi connectivity index (χ1v) is 11.1. The maximum absolute atomic E-state index is 8.91. The van der Waals surface area contributed by atoms with E-state index in [0.717, 1.165) is 16.6 Å². The monoisotopic (exact) mass is 414 g/mol. The van der Waals surface area contributed by atoms with E-state index in [-0.39, 0.29) is 0 Å². The SMILES string of the molecule is OCCCCCC([Se]c1ccccc1)[Se]c1ccccc1. The number of aliphatic hydroxyl groups is 1. The molecule has 0 aliphatic rings. The molecule has 112 valence electrons. The number of unbranched alkanes of at least 4 members (excludes halogenated alkanes) is 2. The third kappa shape index (κ3) is 6.82. The van der Waals surface area contributed by atoms with E-state index >= 15 is 0 Å². The average Bonchev–Trinajstić information content (AvgIpc) is 2.53.